The molecule has 0 unspecified atom stereocenters. The topological polar surface area (TPSA) is 12.0 Å². The predicted octanol–water partition coefficient (Wildman–Crippen LogP) is 3.86. The Morgan fingerprint density at radius 1 is 1.57 bits per heavy atom. The first-order valence-corrected chi connectivity index (χ1v) is 4.81. The average Bonchev–Trinajstić information content (AvgIpc) is 2.12. The van der Waals surface area contributed by atoms with Crippen LogP contribution in [0.5, 0.6) is 0 Å². The van der Waals surface area contributed by atoms with Crippen molar-refractivity contribution in [2.24, 2.45) is 0 Å². The van der Waals surface area contributed by atoms with Gasteiger partial charge < -0.3 is 5.32 Å². The molecule has 14 heavy (non-hydrogen) atoms. The minimum atomic E-state index is -0.396. The van der Waals surface area contributed by atoms with Gasteiger partial charge in [0.05, 0.1) is 10.7 Å². The van der Waals surface area contributed by atoms with E-state index in [9.17, 15) is 4.39 Å². The Bertz CT molecular complexity index is 336. The molecule has 3 heteroatoms. The number of hydrogen-bond acceptors (Lipinski definition) is 1. The Labute approximate surface area is 88.6 Å². The summed E-state index contributed by atoms with van der Waals surface area (Å²) in [5, 5.41) is 3.20. The van der Waals surface area contributed by atoms with E-state index in [4.69, 9.17) is 11.6 Å². The Morgan fingerprint density at radius 2 is 2.29 bits per heavy atom. The molecular formula is C11H13ClFN. The molecule has 0 aliphatic heterocycles. The van der Waals surface area contributed by atoms with Crippen LogP contribution in [-0.4, -0.2) is 6.54 Å². The molecular weight excluding hydrogens is 201 g/mol. The highest BCUT2D eigenvalue weighted by atomic mass is 35.5. The Balaban J connectivity index is 2.59. The molecule has 0 radical (unpaired) electrons. The molecule has 1 nitrogen and oxygen atoms in total. The highest BCUT2D eigenvalue weighted by molar-refractivity contribution is 6.33. The van der Waals surface area contributed by atoms with Crippen LogP contribution < -0.4 is 5.32 Å². The first kappa shape index (κ1) is 11.1. The zero-order valence-electron chi connectivity index (χ0n) is 8.11. The Hall–Kier alpha value is -1.02. The summed E-state index contributed by atoms with van der Waals surface area (Å²) in [7, 11) is 0. The number of rotatable bonds is 4. The van der Waals surface area contributed by atoms with Crippen molar-refractivity contribution in [3.8, 4) is 0 Å². The van der Waals surface area contributed by atoms with Gasteiger partial charge in [-0.3, -0.25) is 0 Å². The third-order valence-electron chi connectivity index (χ3n) is 1.82. The second-order valence-electron chi connectivity index (χ2n) is 3.24. The number of halogens is 2. The molecule has 1 aromatic rings. The first-order valence-electron chi connectivity index (χ1n) is 4.43. The van der Waals surface area contributed by atoms with E-state index < -0.39 is 5.82 Å². The van der Waals surface area contributed by atoms with Gasteiger partial charge in [0.2, 0.25) is 0 Å². The van der Waals surface area contributed by atoms with Crippen LogP contribution in [0.2, 0.25) is 5.02 Å². The minimum absolute atomic E-state index is 0.147. The molecule has 76 valence electrons. The van der Waals surface area contributed by atoms with Gasteiger partial charge in [-0.15, -0.1) is 6.58 Å². The van der Waals surface area contributed by atoms with Gasteiger partial charge in [-0.2, -0.15) is 0 Å². The maximum absolute atomic E-state index is 13.0. The highest BCUT2D eigenvalue weighted by Crippen LogP contribution is 2.24. The van der Waals surface area contributed by atoms with E-state index >= 15 is 0 Å². The molecule has 0 aromatic heterocycles. The van der Waals surface area contributed by atoms with E-state index in [-0.39, 0.29) is 5.02 Å². The number of nitrogens with one attached hydrogen (secondary N) is 1. The fraction of sp³-hybridized carbons (Fsp3) is 0.273. The van der Waals surface area contributed by atoms with Crippen LogP contribution in [0.25, 0.3) is 0 Å². The fourth-order valence-corrected chi connectivity index (χ4v) is 1.24. The van der Waals surface area contributed by atoms with Gasteiger partial charge in [0.15, 0.2) is 0 Å². The summed E-state index contributed by atoms with van der Waals surface area (Å²) in [6, 6.07) is 4.72. The van der Waals surface area contributed by atoms with Crippen molar-refractivity contribution in [1.29, 1.82) is 0 Å². The molecule has 0 aliphatic carbocycles. The van der Waals surface area contributed by atoms with E-state index in [0.717, 1.165) is 18.5 Å². The second kappa shape index (κ2) is 5.01. The molecule has 0 fully saturated rings. The third-order valence-corrected chi connectivity index (χ3v) is 2.20. The molecule has 0 saturated carbocycles. The van der Waals surface area contributed by atoms with Crippen molar-refractivity contribution in [1.82, 2.24) is 0 Å². The number of anilines is 1. The van der Waals surface area contributed by atoms with E-state index in [1.807, 2.05) is 6.92 Å². The van der Waals surface area contributed by atoms with Crippen LogP contribution in [-0.2, 0) is 0 Å². The lowest BCUT2D eigenvalue weighted by Crippen LogP contribution is -2.02. The zero-order valence-corrected chi connectivity index (χ0v) is 8.87. The first-order chi connectivity index (χ1) is 6.61. The minimum Gasteiger partial charge on any atom is -0.383 e. The molecule has 0 bridgehead atoms. The van der Waals surface area contributed by atoms with E-state index in [2.05, 4.69) is 11.9 Å². The van der Waals surface area contributed by atoms with Crippen LogP contribution in [0.3, 0.4) is 0 Å². The van der Waals surface area contributed by atoms with Gasteiger partial charge in [-0.05, 0) is 25.5 Å². The van der Waals surface area contributed by atoms with Crippen molar-refractivity contribution in [3.05, 3.63) is 41.2 Å². The van der Waals surface area contributed by atoms with E-state index in [0.29, 0.717) is 5.69 Å². The second-order valence-corrected chi connectivity index (χ2v) is 3.61. The van der Waals surface area contributed by atoms with Gasteiger partial charge in [-0.25, -0.2) is 4.39 Å². The standard InChI is InChI=1S/C11H13ClFN/c1-8(2)6-7-14-10-5-3-4-9(13)11(10)12/h3-5,14H,1,6-7H2,2H3. The Kier molecular flexibility index (Phi) is 3.96. The molecule has 0 saturated heterocycles. The van der Waals surface area contributed by atoms with Gasteiger partial charge in [0.1, 0.15) is 5.82 Å². The summed E-state index contributed by atoms with van der Waals surface area (Å²) >= 11 is 5.75. The largest absolute Gasteiger partial charge is 0.383 e. The van der Waals surface area contributed by atoms with Crippen molar-refractivity contribution in [3.63, 3.8) is 0 Å². The monoisotopic (exact) mass is 213 g/mol. The van der Waals surface area contributed by atoms with E-state index in [1.165, 1.54) is 6.07 Å². The summed E-state index contributed by atoms with van der Waals surface area (Å²) in [5.74, 6) is -0.396. The molecule has 0 atom stereocenters. The highest BCUT2D eigenvalue weighted by Gasteiger charge is 2.03. The maximum atomic E-state index is 13.0. The van der Waals surface area contributed by atoms with Crippen molar-refractivity contribution < 1.29 is 4.39 Å². The average molecular weight is 214 g/mol. The molecule has 0 amide bonds. The molecule has 0 spiro atoms. The summed E-state index contributed by atoms with van der Waals surface area (Å²) in [6.07, 6.45) is 0.854. The number of benzene rings is 1. The van der Waals surface area contributed by atoms with Gasteiger partial charge >= 0.3 is 0 Å². The summed E-state index contributed by atoms with van der Waals surface area (Å²) in [5.41, 5.74) is 1.72. The molecule has 0 aliphatic rings. The van der Waals surface area contributed by atoms with Crippen molar-refractivity contribution >= 4 is 17.3 Å². The van der Waals surface area contributed by atoms with Crippen molar-refractivity contribution in [2.45, 2.75) is 13.3 Å². The lowest BCUT2D eigenvalue weighted by Gasteiger charge is -2.08. The summed E-state index contributed by atoms with van der Waals surface area (Å²) in [4.78, 5) is 0. The molecule has 1 aromatic carbocycles. The van der Waals surface area contributed by atoms with Gasteiger partial charge in [-0.1, -0.05) is 23.2 Å². The fourth-order valence-electron chi connectivity index (χ4n) is 1.05. The molecule has 0 heterocycles. The maximum Gasteiger partial charge on any atom is 0.143 e. The van der Waals surface area contributed by atoms with Crippen LogP contribution in [0.4, 0.5) is 10.1 Å². The summed E-state index contributed by atoms with van der Waals surface area (Å²) < 4.78 is 13.0. The van der Waals surface area contributed by atoms with Crippen LogP contribution >= 0.6 is 11.6 Å². The SMILES string of the molecule is C=C(C)CCNc1cccc(F)c1Cl. The summed E-state index contributed by atoms with van der Waals surface area (Å²) in [6.45, 7) is 6.45. The van der Waals surface area contributed by atoms with Crippen LogP contribution in [0, 0.1) is 5.82 Å². The molecule has 1 rings (SSSR count). The predicted molar refractivity (Wildman–Crippen MR) is 59.3 cm³/mol. The van der Waals surface area contributed by atoms with Crippen LogP contribution in [0.15, 0.2) is 30.4 Å². The Morgan fingerprint density at radius 3 is 2.93 bits per heavy atom. The van der Waals surface area contributed by atoms with E-state index in [1.54, 1.807) is 12.1 Å². The van der Waals surface area contributed by atoms with Crippen molar-refractivity contribution in [2.75, 3.05) is 11.9 Å². The lowest BCUT2D eigenvalue weighted by molar-refractivity contribution is 0.628. The lowest BCUT2D eigenvalue weighted by atomic mass is 10.2. The quantitative estimate of drug-likeness (QED) is 0.749. The molecule has 1 N–H and O–H groups in total. The van der Waals surface area contributed by atoms with Gasteiger partial charge in [0.25, 0.3) is 0 Å². The van der Waals surface area contributed by atoms with Crippen LogP contribution in [0.1, 0.15) is 13.3 Å². The third kappa shape index (κ3) is 3.04. The smallest absolute Gasteiger partial charge is 0.143 e. The normalized spacial score (nSPS) is 9.93. The zero-order chi connectivity index (χ0) is 10.6. The number of hydrogen-bond donors (Lipinski definition) is 1. The van der Waals surface area contributed by atoms with Gasteiger partial charge in [0, 0.05) is 6.54 Å².